The van der Waals surface area contributed by atoms with Crippen molar-refractivity contribution in [2.24, 2.45) is 10.9 Å². The van der Waals surface area contributed by atoms with Crippen LogP contribution in [0.2, 0.25) is 0 Å². The smallest absolute Gasteiger partial charge is 0.233 e. The Morgan fingerprint density at radius 2 is 2.07 bits per heavy atom. The summed E-state index contributed by atoms with van der Waals surface area (Å²) in [5, 5.41) is 3.12. The number of anilines is 2. The number of pyridine rings is 1. The molecule has 30 heavy (non-hydrogen) atoms. The number of rotatable bonds is 3. The number of aliphatic imine (C=N–C) groups is 1. The lowest BCUT2D eigenvalue weighted by Crippen LogP contribution is -2.46. The highest BCUT2D eigenvalue weighted by Gasteiger charge is 2.34. The van der Waals surface area contributed by atoms with Crippen molar-refractivity contribution < 1.29 is 9.18 Å². The molecule has 0 saturated carbocycles. The van der Waals surface area contributed by atoms with E-state index in [1.807, 2.05) is 4.90 Å². The molecule has 0 radical (unpaired) electrons. The monoisotopic (exact) mass is 407 g/mol. The number of halogens is 1. The summed E-state index contributed by atoms with van der Waals surface area (Å²) in [6.45, 7) is 6.88. The Hall–Kier alpha value is -2.80. The minimum Gasteiger partial charge on any atom is -0.352 e. The molecule has 5 rings (SSSR count). The molecule has 1 N–H and O–H groups in total. The van der Waals surface area contributed by atoms with Gasteiger partial charge in [-0.1, -0.05) is 6.07 Å². The number of hydrogen-bond donors (Lipinski definition) is 1. The fourth-order valence-corrected chi connectivity index (χ4v) is 4.85. The highest BCUT2D eigenvalue weighted by Crippen LogP contribution is 2.34. The number of hydrogen-bond acceptors (Lipinski definition) is 5. The number of carbonyl (C=O) groups excluding carboxylic acids is 1. The molecular formula is C23H26FN5O. The Balaban J connectivity index is 1.31. The van der Waals surface area contributed by atoms with Crippen LogP contribution in [0.3, 0.4) is 0 Å². The topological polar surface area (TPSA) is 60.8 Å². The molecule has 4 heterocycles. The van der Waals surface area contributed by atoms with Crippen LogP contribution in [0.15, 0.2) is 35.5 Å². The molecule has 7 heteroatoms. The van der Waals surface area contributed by atoms with Crippen LogP contribution in [0.25, 0.3) is 0 Å². The van der Waals surface area contributed by atoms with E-state index >= 15 is 0 Å². The Kier molecular flexibility index (Phi) is 4.98. The Morgan fingerprint density at radius 3 is 2.87 bits per heavy atom. The fraction of sp³-hybridized carbons (Fsp3) is 0.435. The van der Waals surface area contributed by atoms with Crippen LogP contribution in [0, 0.1) is 18.7 Å². The van der Waals surface area contributed by atoms with Crippen LogP contribution < -0.4 is 10.2 Å². The van der Waals surface area contributed by atoms with Gasteiger partial charge in [-0.2, -0.15) is 0 Å². The molecule has 1 saturated heterocycles. The summed E-state index contributed by atoms with van der Waals surface area (Å²) < 4.78 is 14.0. The van der Waals surface area contributed by atoms with Gasteiger partial charge in [0.15, 0.2) is 11.6 Å². The molecule has 6 nitrogen and oxygen atoms in total. The molecule has 2 aromatic rings. The van der Waals surface area contributed by atoms with Crippen molar-refractivity contribution >= 4 is 23.1 Å². The summed E-state index contributed by atoms with van der Waals surface area (Å²) in [4.78, 5) is 25.8. The number of aryl methyl sites for hydroxylation is 1. The van der Waals surface area contributed by atoms with Gasteiger partial charge in [-0.25, -0.2) is 9.37 Å². The zero-order valence-corrected chi connectivity index (χ0v) is 17.2. The molecular weight excluding hydrogens is 381 g/mol. The van der Waals surface area contributed by atoms with Crippen molar-refractivity contribution in [1.82, 2.24) is 9.88 Å². The zero-order chi connectivity index (χ0) is 20.7. The zero-order valence-electron chi connectivity index (χ0n) is 17.2. The maximum Gasteiger partial charge on any atom is 0.233 e. The van der Waals surface area contributed by atoms with Crippen molar-refractivity contribution in [2.75, 3.05) is 42.9 Å². The lowest BCUT2D eigenvalue weighted by atomic mass is 9.83. The standard InChI is InChI=1S/C23H26FN5O/c1-15-12-16(13-19-20(15)21-17(23(30)27-19)4-2-6-25-21)14-28-8-10-29(11-9-28)22-18(24)5-3-7-26-22/h3,5,7,12-13,17H,2,4,6,8-11,14H2,1H3,(H,27,30). The lowest BCUT2D eigenvalue weighted by molar-refractivity contribution is -0.118. The maximum atomic E-state index is 14.0. The van der Waals surface area contributed by atoms with Crippen LogP contribution in [0.1, 0.15) is 29.5 Å². The number of carbonyl (C=O) groups is 1. The van der Waals surface area contributed by atoms with Gasteiger partial charge in [-0.05, 0) is 49.1 Å². The number of nitrogens with zero attached hydrogens (tertiary/aromatic N) is 4. The lowest BCUT2D eigenvalue weighted by Gasteiger charge is -2.36. The van der Waals surface area contributed by atoms with Gasteiger partial charge >= 0.3 is 0 Å². The van der Waals surface area contributed by atoms with Crippen molar-refractivity contribution in [2.45, 2.75) is 26.3 Å². The summed E-state index contributed by atoms with van der Waals surface area (Å²) in [6, 6.07) is 7.39. The number of nitrogens with one attached hydrogen (secondary N) is 1. The molecule has 1 aromatic heterocycles. The maximum absolute atomic E-state index is 14.0. The van der Waals surface area contributed by atoms with Gasteiger partial charge in [0.1, 0.15) is 0 Å². The molecule has 1 atom stereocenters. The van der Waals surface area contributed by atoms with E-state index in [0.29, 0.717) is 5.82 Å². The Labute approximate surface area is 175 Å². The Bertz CT molecular complexity index is 1010. The number of aromatic nitrogens is 1. The third kappa shape index (κ3) is 3.47. The minimum atomic E-state index is -0.268. The highest BCUT2D eigenvalue weighted by molar-refractivity contribution is 6.23. The van der Waals surface area contributed by atoms with E-state index in [2.05, 4.69) is 34.3 Å². The largest absolute Gasteiger partial charge is 0.352 e. The summed E-state index contributed by atoms with van der Waals surface area (Å²) in [5.74, 6) is 0.141. The van der Waals surface area contributed by atoms with E-state index < -0.39 is 0 Å². The molecule has 1 unspecified atom stereocenters. The van der Waals surface area contributed by atoms with Crippen LogP contribution >= 0.6 is 0 Å². The quantitative estimate of drug-likeness (QED) is 0.850. The molecule has 3 aliphatic rings. The molecule has 0 spiro atoms. The van der Waals surface area contributed by atoms with Gasteiger partial charge in [-0.3, -0.25) is 14.7 Å². The van der Waals surface area contributed by atoms with Crippen molar-refractivity contribution in [3.8, 4) is 0 Å². The van der Waals surface area contributed by atoms with Crippen molar-refractivity contribution in [1.29, 1.82) is 0 Å². The molecule has 1 amide bonds. The van der Waals surface area contributed by atoms with Gasteiger partial charge in [-0.15, -0.1) is 0 Å². The summed E-state index contributed by atoms with van der Waals surface area (Å²) in [5.41, 5.74) is 5.32. The first kappa shape index (κ1) is 19.2. The van der Waals surface area contributed by atoms with E-state index in [1.165, 1.54) is 17.2 Å². The average Bonchev–Trinajstić information content (AvgIpc) is 2.75. The van der Waals surface area contributed by atoms with E-state index in [4.69, 9.17) is 4.99 Å². The predicted molar refractivity (Wildman–Crippen MR) is 116 cm³/mol. The third-order valence-corrected chi connectivity index (χ3v) is 6.31. The summed E-state index contributed by atoms with van der Waals surface area (Å²) in [6.07, 6.45) is 3.49. The van der Waals surface area contributed by atoms with Gasteiger partial charge in [0.25, 0.3) is 0 Å². The minimum absolute atomic E-state index is 0.0727. The highest BCUT2D eigenvalue weighted by atomic mass is 19.1. The third-order valence-electron chi connectivity index (χ3n) is 6.31. The fourth-order valence-electron chi connectivity index (χ4n) is 4.85. The first-order chi connectivity index (χ1) is 14.6. The second kappa shape index (κ2) is 7.80. The van der Waals surface area contributed by atoms with E-state index in [-0.39, 0.29) is 17.6 Å². The van der Waals surface area contributed by atoms with E-state index in [9.17, 15) is 9.18 Å². The number of piperazine rings is 1. The Morgan fingerprint density at radius 1 is 1.23 bits per heavy atom. The molecule has 0 bridgehead atoms. The van der Waals surface area contributed by atoms with Gasteiger partial charge < -0.3 is 10.2 Å². The van der Waals surface area contributed by atoms with Gasteiger partial charge in [0.2, 0.25) is 5.91 Å². The number of amides is 1. The van der Waals surface area contributed by atoms with Crippen molar-refractivity contribution in [3.05, 3.63) is 53.0 Å². The van der Waals surface area contributed by atoms with E-state index in [0.717, 1.165) is 69.1 Å². The van der Waals surface area contributed by atoms with Gasteiger partial charge in [0, 0.05) is 51.0 Å². The van der Waals surface area contributed by atoms with Crippen LogP contribution in [-0.4, -0.2) is 54.2 Å². The molecule has 3 aliphatic heterocycles. The van der Waals surface area contributed by atoms with Crippen LogP contribution in [0.5, 0.6) is 0 Å². The van der Waals surface area contributed by atoms with Crippen molar-refractivity contribution in [3.63, 3.8) is 0 Å². The molecule has 1 aromatic carbocycles. The molecule has 0 aliphatic carbocycles. The second-order valence-corrected chi connectivity index (χ2v) is 8.36. The first-order valence-electron chi connectivity index (χ1n) is 10.7. The number of fused-ring (bicyclic) bond motifs is 3. The van der Waals surface area contributed by atoms with Gasteiger partial charge in [0.05, 0.1) is 17.3 Å². The summed E-state index contributed by atoms with van der Waals surface area (Å²) in [7, 11) is 0. The number of benzene rings is 1. The van der Waals surface area contributed by atoms with Crippen LogP contribution in [-0.2, 0) is 11.3 Å². The summed E-state index contributed by atoms with van der Waals surface area (Å²) >= 11 is 0. The predicted octanol–water partition coefficient (Wildman–Crippen LogP) is 3.00. The second-order valence-electron chi connectivity index (χ2n) is 8.36. The van der Waals surface area contributed by atoms with Crippen LogP contribution in [0.4, 0.5) is 15.9 Å². The molecule has 1 fully saturated rings. The average molecular weight is 407 g/mol. The molecule has 156 valence electrons. The SMILES string of the molecule is Cc1cc(CN2CCN(c3ncccc3F)CC2)cc2c1C1=NCCCC1C(=O)N2. The van der Waals surface area contributed by atoms with E-state index in [1.54, 1.807) is 12.3 Å². The normalized spacial score (nSPS) is 21.5. The first-order valence-corrected chi connectivity index (χ1v) is 10.7.